The summed E-state index contributed by atoms with van der Waals surface area (Å²) in [5.41, 5.74) is 1.20. The molecule has 27 heavy (non-hydrogen) atoms. The molecule has 1 aromatic heterocycles. The van der Waals surface area contributed by atoms with Crippen molar-refractivity contribution in [3.05, 3.63) is 66.5 Å². The number of carbonyl (C=O) groups is 2. The number of aromatic nitrogens is 2. The van der Waals surface area contributed by atoms with Gasteiger partial charge in [-0.05, 0) is 37.5 Å². The molecule has 0 radical (unpaired) electrons. The lowest BCUT2D eigenvalue weighted by Crippen LogP contribution is -2.52. The molecule has 1 N–H and O–H groups in total. The van der Waals surface area contributed by atoms with E-state index < -0.39 is 5.41 Å². The van der Waals surface area contributed by atoms with Crippen molar-refractivity contribution in [1.82, 2.24) is 20.0 Å². The van der Waals surface area contributed by atoms with Crippen molar-refractivity contribution >= 4 is 11.8 Å². The Morgan fingerprint density at radius 1 is 1.22 bits per heavy atom. The van der Waals surface area contributed by atoms with Gasteiger partial charge in [0.1, 0.15) is 0 Å². The van der Waals surface area contributed by atoms with Gasteiger partial charge in [0, 0.05) is 25.8 Å². The molecule has 3 rings (SSSR count). The molecule has 1 saturated heterocycles. The molecule has 142 valence electrons. The normalized spacial score (nSPS) is 16.0. The zero-order chi connectivity index (χ0) is 19.3. The van der Waals surface area contributed by atoms with Crippen LogP contribution in [0.2, 0.25) is 0 Å². The Morgan fingerprint density at radius 3 is 2.52 bits per heavy atom. The average molecular weight is 366 g/mol. The van der Waals surface area contributed by atoms with Crippen molar-refractivity contribution < 1.29 is 9.59 Å². The molecule has 6 nitrogen and oxygen atoms in total. The van der Waals surface area contributed by atoms with Gasteiger partial charge in [-0.3, -0.25) is 14.3 Å². The van der Waals surface area contributed by atoms with Crippen LogP contribution in [-0.2, 0) is 28.1 Å². The zero-order valence-corrected chi connectivity index (χ0v) is 15.7. The number of likely N-dealkylation sites (tertiary alicyclic amines) is 1. The van der Waals surface area contributed by atoms with Crippen LogP contribution in [0.1, 0.15) is 31.0 Å². The van der Waals surface area contributed by atoms with E-state index in [1.807, 2.05) is 54.2 Å². The predicted octanol–water partition coefficient (Wildman–Crippen LogP) is 2.27. The van der Waals surface area contributed by atoms with E-state index in [2.05, 4.69) is 17.0 Å². The van der Waals surface area contributed by atoms with Gasteiger partial charge in [-0.1, -0.05) is 36.9 Å². The predicted molar refractivity (Wildman–Crippen MR) is 104 cm³/mol. The summed E-state index contributed by atoms with van der Waals surface area (Å²) in [6.45, 7) is 7.86. The van der Waals surface area contributed by atoms with Gasteiger partial charge in [-0.2, -0.15) is 5.10 Å². The third kappa shape index (κ3) is 3.94. The highest BCUT2D eigenvalue weighted by Gasteiger charge is 2.43. The molecule has 2 amide bonds. The lowest BCUT2D eigenvalue weighted by Gasteiger charge is -2.40. The Kier molecular flexibility index (Phi) is 5.74. The van der Waals surface area contributed by atoms with Crippen molar-refractivity contribution in [2.45, 2.75) is 38.3 Å². The first-order valence-electron chi connectivity index (χ1n) is 9.36. The number of hydrogen-bond donors (Lipinski definition) is 1. The number of rotatable bonds is 6. The van der Waals surface area contributed by atoms with Crippen LogP contribution < -0.4 is 5.32 Å². The topological polar surface area (TPSA) is 67.2 Å². The summed E-state index contributed by atoms with van der Waals surface area (Å²) in [7, 11) is 0. The number of nitrogens with one attached hydrogen (secondary N) is 1. The highest BCUT2D eigenvalue weighted by atomic mass is 16.2. The second-order valence-corrected chi connectivity index (χ2v) is 6.82. The molecule has 1 aromatic carbocycles. The molecule has 0 atom stereocenters. The fraction of sp³-hybridized carbons (Fsp3) is 0.381. The van der Waals surface area contributed by atoms with Crippen LogP contribution in [0.25, 0.3) is 0 Å². The van der Waals surface area contributed by atoms with E-state index >= 15 is 0 Å². The van der Waals surface area contributed by atoms with Gasteiger partial charge in [0.05, 0.1) is 17.7 Å². The summed E-state index contributed by atoms with van der Waals surface area (Å²) in [6.07, 6.45) is 4.42. The fourth-order valence-corrected chi connectivity index (χ4v) is 3.66. The third-order valence-corrected chi connectivity index (χ3v) is 5.31. The van der Waals surface area contributed by atoms with Gasteiger partial charge in [0.2, 0.25) is 11.8 Å². The Hall–Kier alpha value is -2.89. The van der Waals surface area contributed by atoms with Crippen molar-refractivity contribution in [1.29, 1.82) is 0 Å². The van der Waals surface area contributed by atoms with Gasteiger partial charge in [-0.15, -0.1) is 0 Å². The van der Waals surface area contributed by atoms with E-state index in [9.17, 15) is 9.59 Å². The minimum Gasteiger partial charge on any atom is -0.350 e. The highest BCUT2D eigenvalue weighted by molar-refractivity contribution is 5.90. The Morgan fingerprint density at radius 2 is 1.93 bits per heavy atom. The van der Waals surface area contributed by atoms with Crippen LogP contribution in [0.15, 0.2) is 55.3 Å². The van der Waals surface area contributed by atoms with Gasteiger partial charge in [0.15, 0.2) is 0 Å². The minimum absolute atomic E-state index is 0.00884. The molecule has 2 heterocycles. The Bertz CT molecular complexity index is 805. The number of aryl methyl sites for hydroxylation is 1. The first kappa shape index (κ1) is 18.9. The fourth-order valence-electron chi connectivity index (χ4n) is 3.66. The molecule has 2 aromatic rings. The summed E-state index contributed by atoms with van der Waals surface area (Å²) in [6, 6.07) is 11.8. The molecule has 0 aliphatic carbocycles. The largest absolute Gasteiger partial charge is 0.350 e. The van der Waals surface area contributed by atoms with Crippen molar-refractivity contribution in [2.24, 2.45) is 0 Å². The summed E-state index contributed by atoms with van der Waals surface area (Å²) >= 11 is 0. The van der Waals surface area contributed by atoms with Crippen molar-refractivity contribution in [2.75, 3.05) is 13.1 Å². The quantitative estimate of drug-likeness (QED) is 0.798. The van der Waals surface area contributed by atoms with Crippen molar-refractivity contribution in [3.8, 4) is 0 Å². The van der Waals surface area contributed by atoms with Gasteiger partial charge in [-0.25, -0.2) is 0 Å². The number of hydrogen-bond acceptors (Lipinski definition) is 3. The minimum atomic E-state index is -0.632. The molecule has 1 aliphatic rings. The molecule has 0 spiro atoms. The smallest absolute Gasteiger partial charge is 0.245 e. The maximum atomic E-state index is 13.2. The second-order valence-electron chi connectivity index (χ2n) is 6.82. The SMILES string of the molecule is C=CC(=O)N1CCC(C(=O)NCc2ccn(CC)n2)(c2ccccc2)CC1. The second kappa shape index (κ2) is 8.20. The average Bonchev–Trinajstić information content (AvgIpc) is 3.20. The van der Waals surface area contributed by atoms with Gasteiger partial charge in [0.25, 0.3) is 0 Å². The van der Waals surface area contributed by atoms with Crippen LogP contribution in [-0.4, -0.2) is 39.6 Å². The van der Waals surface area contributed by atoms with E-state index in [-0.39, 0.29) is 11.8 Å². The standard InChI is InChI=1S/C21H26N4O2/c1-3-19(26)24-14-11-21(12-15-24,17-8-6-5-7-9-17)20(27)22-16-18-10-13-25(4-2)23-18/h3,5-10,13H,1,4,11-12,14-16H2,2H3,(H,22,27). The molecule has 0 bridgehead atoms. The number of piperidine rings is 1. The van der Waals surface area contributed by atoms with Crippen LogP contribution in [0, 0.1) is 0 Å². The molecule has 0 unspecified atom stereocenters. The number of benzene rings is 1. The highest BCUT2D eigenvalue weighted by Crippen LogP contribution is 2.36. The molecule has 6 heteroatoms. The van der Waals surface area contributed by atoms with E-state index in [1.54, 1.807) is 4.90 Å². The van der Waals surface area contributed by atoms with E-state index in [0.717, 1.165) is 17.8 Å². The lowest BCUT2D eigenvalue weighted by atomic mass is 9.72. The first-order valence-corrected chi connectivity index (χ1v) is 9.36. The maximum absolute atomic E-state index is 13.2. The first-order chi connectivity index (χ1) is 13.1. The third-order valence-electron chi connectivity index (χ3n) is 5.31. The Labute approximate surface area is 159 Å². The van der Waals surface area contributed by atoms with Crippen LogP contribution in [0.5, 0.6) is 0 Å². The number of nitrogens with zero attached hydrogens (tertiary/aromatic N) is 3. The summed E-state index contributed by atoms with van der Waals surface area (Å²) in [5, 5.41) is 7.49. The molecular weight excluding hydrogens is 340 g/mol. The number of carbonyl (C=O) groups excluding carboxylic acids is 2. The summed E-state index contributed by atoms with van der Waals surface area (Å²) in [5.74, 6) is -0.0902. The van der Waals surface area contributed by atoms with E-state index in [1.165, 1.54) is 6.08 Å². The maximum Gasteiger partial charge on any atom is 0.245 e. The molecular formula is C21H26N4O2. The Balaban J connectivity index is 1.77. The van der Waals surface area contributed by atoms with Gasteiger partial charge >= 0.3 is 0 Å². The summed E-state index contributed by atoms with van der Waals surface area (Å²) in [4.78, 5) is 26.9. The van der Waals surface area contributed by atoms with Crippen molar-refractivity contribution in [3.63, 3.8) is 0 Å². The zero-order valence-electron chi connectivity index (χ0n) is 15.7. The van der Waals surface area contributed by atoms with Crippen LogP contribution in [0.3, 0.4) is 0 Å². The van der Waals surface area contributed by atoms with Crippen LogP contribution >= 0.6 is 0 Å². The van der Waals surface area contributed by atoms with E-state index in [0.29, 0.717) is 32.5 Å². The molecule has 1 fully saturated rings. The number of amides is 2. The summed E-state index contributed by atoms with van der Waals surface area (Å²) < 4.78 is 1.84. The molecule has 1 aliphatic heterocycles. The lowest BCUT2D eigenvalue weighted by molar-refractivity contribution is -0.134. The molecule has 0 saturated carbocycles. The van der Waals surface area contributed by atoms with E-state index in [4.69, 9.17) is 0 Å². The van der Waals surface area contributed by atoms with Gasteiger partial charge < -0.3 is 10.2 Å². The monoisotopic (exact) mass is 366 g/mol. The van der Waals surface area contributed by atoms with Crippen LogP contribution in [0.4, 0.5) is 0 Å².